The molecule has 21 heavy (non-hydrogen) atoms. The number of nitro groups is 1. The van der Waals surface area contributed by atoms with Gasteiger partial charge in [-0.1, -0.05) is 23.7 Å². The predicted octanol–water partition coefficient (Wildman–Crippen LogP) is 3.84. The Hall–Kier alpha value is -2.11. The monoisotopic (exact) mass is 306 g/mol. The van der Waals surface area contributed by atoms with Crippen LogP contribution in [0.1, 0.15) is 11.1 Å². The van der Waals surface area contributed by atoms with E-state index in [-0.39, 0.29) is 12.3 Å². The first-order valence-electron chi connectivity index (χ1n) is 6.42. The molecule has 0 saturated heterocycles. The van der Waals surface area contributed by atoms with Crippen LogP contribution in [0.4, 0.5) is 17.1 Å². The van der Waals surface area contributed by atoms with E-state index in [1.807, 2.05) is 24.3 Å². The molecule has 2 rings (SSSR count). The highest BCUT2D eigenvalue weighted by Gasteiger charge is 2.16. The van der Waals surface area contributed by atoms with Crippen LogP contribution < -0.4 is 5.32 Å². The van der Waals surface area contributed by atoms with Crippen LogP contribution in [0.5, 0.6) is 0 Å². The van der Waals surface area contributed by atoms with Crippen LogP contribution in [0.2, 0.25) is 5.02 Å². The lowest BCUT2D eigenvalue weighted by molar-refractivity contribution is -0.383. The first-order valence-corrected chi connectivity index (χ1v) is 6.80. The summed E-state index contributed by atoms with van der Waals surface area (Å²) in [5, 5.41) is 23.4. The van der Waals surface area contributed by atoms with Crippen LogP contribution >= 0.6 is 11.6 Å². The van der Waals surface area contributed by atoms with E-state index >= 15 is 0 Å². The van der Waals surface area contributed by atoms with E-state index in [9.17, 15) is 10.1 Å². The number of hydrogen-bond donors (Lipinski definition) is 2. The van der Waals surface area contributed by atoms with Gasteiger partial charge in [-0.15, -0.1) is 0 Å². The van der Waals surface area contributed by atoms with Crippen molar-refractivity contribution in [3.8, 4) is 0 Å². The first kappa shape index (κ1) is 15.3. The maximum Gasteiger partial charge on any atom is 0.294 e. The molecule has 2 aromatic carbocycles. The molecule has 2 aromatic rings. The molecule has 0 spiro atoms. The second-order valence-corrected chi connectivity index (χ2v) is 5.08. The summed E-state index contributed by atoms with van der Waals surface area (Å²) in [6, 6.07) is 10.4. The summed E-state index contributed by atoms with van der Waals surface area (Å²) in [4.78, 5) is 10.6. The summed E-state index contributed by atoms with van der Waals surface area (Å²) in [5.74, 6) is 0. The highest BCUT2D eigenvalue weighted by Crippen LogP contribution is 2.32. The Labute approximate surface area is 127 Å². The number of anilines is 2. The molecule has 0 atom stereocenters. The zero-order chi connectivity index (χ0) is 15.4. The Morgan fingerprint density at radius 1 is 1.29 bits per heavy atom. The Balaban J connectivity index is 2.30. The molecule has 0 aromatic heterocycles. The van der Waals surface area contributed by atoms with Crippen LogP contribution in [0.25, 0.3) is 0 Å². The third-order valence-electron chi connectivity index (χ3n) is 3.11. The van der Waals surface area contributed by atoms with Crippen molar-refractivity contribution in [3.63, 3.8) is 0 Å². The summed E-state index contributed by atoms with van der Waals surface area (Å²) >= 11 is 5.93. The van der Waals surface area contributed by atoms with E-state index in [2.05, 4.69) is 5.32 Å². The van der Waals surface area contributed by atoms with Gasteiger partial charge in [-0.25, -0.2) is 0 Å². The maximum absolute atomic E-state index is 11.1. The molecule has 0 fully saturated rings. The average Bonchev–Trinajstić information content (AvgIpc) is 2.44. The van der Waals surface area contributed by atoms with Gasteiger partial charge in [0.1, 0.15) is 5.69 Å². The number of benzene rings is 2. The minimum atomic E-state index is -0.465. The molecule has 0 radical (unpaired) electrons. The molecule has 0 aliphatic heterocycles. The minimum Gasteiger partial charge on any atom is -0.396 e. The van der Waals surface area contributed by atoms with E-state index in [1.165, 1.54) is 6.07 Å². The summed E-state index contributed by atoms with van der Waals surface area (Å²) < 4.78 is 0. The topological polar surface area (TPSA) is 75.4 Å². The Morgan fingerprint density at radius 3 is 2.52 bits per heavy atom. The predicted molar refractivity (Wildman–Crippen MR) is 83.4 cm³/mol. The van der Waals surface area contributed by atoms with Crippen LogP contribution in [0, 0.1) is 17.0 Å². The van der Waals surface area contributed by atoms with Gasteiger partial charge in [0, 0.05) is 18.4 Å². The molecular formula is C15H15ClN2O3. The Kier molecular flexibility index (Phi) is 4.77. The molecule has 0 aliphatic carbocycles. The van der Waals surface area contributed by atoms with Crippen molar-refractivity contribution in [3.05, 3.63) is 62.7 Å². The molecular weight excluding hydrogens is 292 g/mol. The summed E-state index contributed by atoms with van der Waals surface area (Å²) in [5.41, 5.74) is 2.84. The Bertz CT molecular complexity index is 657. The lowest BCUT2D eigenvalue weighted by Crippen LogP contribution is -1.98. The number of aliphatic hydroxyl groups is 1. The number of rotatable bonds is 5. The van der Waals surface area contributed by atoms with Gasteiger partial charge in [-0.3, -0.25) is 10.1 Å². The van der Waals surface area contributed by atoms with Gasteiger partial charge in [-0.2, -0.15) is 0 Å². The van der Waals surface area contributed by atoms with Gasteiger partial charge in [0.2, 0.25) is 0 Å². The zero-order valence-electron chi connectivity index (χ0n) is 11.5. The van der Waals surface area contributed by atoms with Crippen molar-refractivity contribution in [2.45, 2.75) is 13.3 Å². The first-order chi connectivity index (χ1) is 10.0. The summed E-state index contributed by atoms with van der Waals surface area (Å²) in [7, 11) is 0. The molecule has 0 aliphatic rings. The second-order valence-electron chi connectivity index (χ2n) is 4.67. The van der Waals surface area contributed by atoms with E-state index < -0.39 is 4.92 Å². The van der Waals surface area contributed by atoms with Gasteiger partial charge < -0.3 is 10.4 Å². The fourth-order valence-electron chi connectivity index (χ4n) is 1.96. The number of nitrogens with one attached hydrogen (secondary N) is 1. The molecule has 5 nitrogen and oxygen atoms in total. The van der Waals surface area contributed by atoms with Crippen LogP contribution in [0.3, 0.4) is 0 Å². The quantitative estimate of drug-likeness (QED) is 0.650. The third-order valence-corrected chi connectivity index (χ3v) is 3.51. The summed E-state index contributed by atoms with van der Waals surface area (Å²) in [6.07, 6.45) is 0.584. The second kappa shape index (κ2) is 6.56. The molecule has 2 N–H and O–H groups in total. The highest BCUT2D eigenvalue weighted by atomic mass is 35.5. The van der Waals surface area contributed by atoms with E-state index in [4.69, 9.17) is 16.7 Å². The van der Waals surface area contributed by atoms with Crippen LogP contribution in [-0.4, -0.2) is 16.6 Å². The fourth-order valence-corrected chi connectivity index (χ4v) is 2.12. The molecule has 0 bridgehead atoms. The van der Waals surface area contributed by atoms with Crippen molar-refractivity contribution in [1.29, 1.82) is 0 Å². The lowest BCUT2D eigenvalue weighted by Gasteiger charge is -2.10. The van der Waals surface area contributed by atoms with Gasteiger partial charge in [-0.05, 0) is 42.7 Å². The van der Waals surface area contributed by atoms with Gasteiger partial charge in [0.15, 0.2) is 0 Å². The average molecular weight is 307 g/mol. The number of nitro benzene ring substituents is 1. The summed E-state index contributed by atoms with van der Waals surface area (Å²) in [6.45, 7) is 1.89. The Morgan fingerprint density at radius 2 is 1.95 bits per heavy atom. The van der Waals surface area contributed by atoms with Crippen molar-refractivity contribution >= 4 is 28.7 Å². The normalized spacial score (nSPS) is 10.4. The standard InChI is InChI=1S/C15H15ClN2O3/c1-10-8-14(15(18(20)21)9-13(10)16)17-12-4-2-11(3-5-12)6-7-19/h2-5,8-9,17,19H,6-7H2,1H3. The molecule has 0 saturated carbocycles. The third kappa shape index (κ3) is 3.71. The number of halogens is 1. The smallest absolute Gasteiger partial charge is 0.294 e. The number of aryl methyl sites for hydroxylation is 1. The van der Waals surface area contributed by atoms with E-state index in [1.54, 1.807) is 13.0 Å². The number of nitrogens with zero attached hydrogens (tertiary/aromatic N) is 1. The van der Waals surface area contributed by atoms with Crippen LogP contribution in [0.15, 0.2) is 36.4 Å². The van der Waals surface area contributed by atoms with Crippen molar-refractivity contribution in [2.75, 3.05) is 11.9 Å². The SMILES string of the molecule is Cc1cc(Nc2ccc(CCO)cc2)c([N+](=O)[O-])cc1Cl. The number of hydrogen-bond acceptors (Lipinski definition) is 4. The molecule has 110 valence electrons. The van der Waals surface area contributed by atoms with Crippen molar-refractivity contribution < 1.29 is 10.0 Å². The number of aliphatic hydroxyl groups excluding tert-OH is 1. The highest BCUT2D eigenvalue weighted by molar-refractivity contribution is 6.31. The van der Waals surface area contributed by atoms with Crippen molar-refractivity contribution in [2.24, 2.45) is 0 Å². The lowest BCUT2D eigenvalue weighted by atomic mass is 10.1. The molecule has 0 heterocycles. The molecule has 0 amide bonds. The largest absolute Gasteiger partial charge is 0.396 e. The van der Waals surface area contributed by atoms with E-state index in [0.29, 0.717) is 17.1 Å². The zero-order valence-corrected chi connectivity index (χ0v) is 12.2. The van der Waals surface area contributed by atoms with E-state index in [0.717, 1.165) is 16.8 Å². The van der Waals surface area contributed by atoms with Crippen LogP contribution in [-0.2, 0) is 6.42 Å². The van der Waals surface area contributed by atoms with Gasteiger partial charge >= 0.3 is 0 Å². The van der Waals surface area contributed by atoms with Gasteiger partial charge in [0.05, 0.1) is 9.95 Å². The van der Waals surface area contributed by atoms with Crippen molar-refractivity contribution in [1.82, 2.24) is 0 Å². The minimum absolute atomic E-state index is 0.0648. The van der Waals surface area contributed by atoms with Gasteiger partial charge in [0.25, 0.3) is 5.69 Å². The molecule has 6 heteroatoms. The maximum atomic E-state index is 11.1. The molecule has 0 unspecified atom stereocenters. The fraction of sp³-hybridized carbons (Fsp3) is 0.200.